The Morgan fingerprint density at radius 1 is 1.37 bits per heavy atom. The third kappa shape index (κ3) is 3.33. The number of rotatable bonds is 4. The van der Waals surface area contributed by atoms with Gasteiger partial charge in [-0.15, -0.1) is 0 Å². The summed E-state index contributed by atoms with van der Waals surface area (Å²) in [5.41, 5.74) is 6.19. The van der Waals surface area contributed by atoms with Crippen molar-refractivity contribution in [2.75, 3.05) is 0 Å². The summed E-state index contributed by atoms with van der Waals surface area (Å²) in [6, 6.07) is 2.53. The van der Waals surface area contributed by atoms with Gasteiger partial charge in [-0.1, -0.05) is 0 Å². The van der Waals surface area contributed by atoms with E-state index in [4.69, 9.17) is 5.73 Å². The molecule has 3 nitrogen and oxygen atoms in total. The van der Waals surface area contributed by atoms with Gasteiger partial charge in [-0.3, -0.25) is 0 Å². The van der Waals surface area contributed by atoms with Crippen molar-refractivity contribution in [2.24, 2.45) is 12.8 Å². The fraction of sp³-hybridized carbons (Fsp3) is 0.308. The SMILES string of the molecule is CC(N)Cc1cc(F)c(Sc2nccn2C)c(F)c1. The zero-order valence-electron chi connectivity index (χ0n) is 10.7. The summed E-state index contributed by atoms with van der Waals surface area (Å²) >= 11 is 0.972. The Labute approximate surface area is 114 Å². The third-order valence-corrected chi connectivity index (χ3v) is 3.76. The van der Waals surface area contributed by atoms with E-state index in [1.54, 1.807) is 30.9 Å². The van der Waals surface area contributed by atoms with E-state index in [1.165, 1.54) is 12.1 Å². The molecule has 0 aliphatic rings. The van der Waals surface area contributed by atoms with E-state index in [0.717, 1.165) is 11.8 Å². The van der Waals surface area contributed by atoms with Gasteiger partial charge in [0.05, 0.1) is 4.90 Å². The Balaban J connectivity index is 2.29. The minimum Gasteiger partial charge on any atom is -0.329 e. The number of hydrogen-bond donors (Lipinski definition) is 1. The summed E-state index contributed by atoms with van der Waals surface area (Å²) in [6.45, 7) is 1.80. The Hall–Kier alpha value is -1.40. The molecular formula is C13H15F2N3S. The Morgan fingerprint density at radius 2 is 2.00 bits per heavy atom. The van der Waals surface area contributed by atoms with Crippen LogP contribution in [0.4, 0.5) is 8.78 Å². The normalized spacial score (nSPS) is 12.7. The fourth-order valence-corrected chi connectivity index (χ4v) is 2.55. The lowest BCUT2D eigenvalue weighted by molar-refractivity contribution is 0.535. The Kier molecular flexibility index (Phi) is 4.21. The molecule has 102 valence electrons. The number of aryl methyl sites for hydroxylation is 1. The maximum atomic E-state index is 13.9. The number of nitrogens with zero attached hydrogens (tertiary/aromatic N) is 2. The quantitative estimate of drug-likeness (QED) is 0.938. The molecule has 0 aliphatic carbocycles. The van der Waals surface area contributed by atoms with Gasteiger partial charge in [0.15, 0.2) is 5.16 Å². The molecule has 19 heavy (non-hydrogen) atoms. The highest BCUT2D eigenvalue weighted by Crippen LogP contribution is 2.31. The van der Waals surface area contributed by atoms with Gasteiger partial charge >= 0.3 is 0 Å². The molecule has 1 atom stereocenters. The van der Waals surface area contributed by atoms with Gasteiger partial charge in [-0.25, -0.2) is 13.8 Å². The smallest absolute Gasteiger partial charge is 0.172 e. The van der Waals surface area contributed by atoms with Crippen LogP contribution < -0.4 is 5.73 Å². The van der Waals surface area contributed by atoms with Crippen molar-refractivity contribution in [1.82, 2.24) is 9.55 Å². The van der Waals surface area contributed by atoms with Crippen LogP contribution in [0, 0.1) is 11.6 Å². The molecule has 6 heteroatoms. The van der Waals surface area contributed by atoms with Crippen molar-refractivity contribution in [3.8, 4) is 0 Å². The molecule has 2 N–H and O–H groups in total. The van der Waals surface area contributed by atoms with Gasteiger partial charge < -0.3 is 10.3 Å². The number of benzene rings is 1. The molecular weight excluding hydrogens is 268 g/mol. The lowest BCUT2D eigenvalue weighted by Gasteiger charge is -2.09. The predicted octanol–water partition coefficient (Wildman–Crippen LogP) is 2.74. The maximum Gasteiger partial charge on any atom is 0.172 e. The monoisotopic (exact) mass is 283 g/mol. The van der Waals surface area contributed by atoms with Crippen LogP contribution in [-0.4, -0.2) is 15.6 Å². The van der Waals surface area contributed by atoms with E-state index in [0.29, 0.717) is 17.1 Å². The summed E-state index contributed by atoms with van der Waals surface area (Å²) in [5.74, 6) is -1.16. The van der Waals surface area contributed by atoms with Crippen molar-refractivity contribution >= 4 is 11.8 Å². The lowest BCUT2D eigenvalue weighted by Crippen LogP contribution is -2.18. The molecule has 0 saturated carbocycles. The van der Waals surface area contributed by atoms with Crippen LogP contribution in [0.15, 0.2) is 34.6 Å². The highest BCUT2D eigenvalue weighted by molar-refractivity contribution is 7.99. The Morgan fingerprint density at radius 3 is 2.47 bits per heavy atom. The molecule has 2 rings (SSSR count). The van der Waals surface area contributed by atoms with Crippen molar-refractivity contribution < 1.29 is 8.78 Å². The van der Waals surface area contributed by atoms with Crippen LogP contribution >= 0.6 is 11.8 Å². The first-order valence-electron chi connectivity index (χ1n) is 5.86. The fourth-order valence-electron chi connectivity index (χ4n) is 1.74. The predicted molar refractivity (Wildman–Crippen MR) is 71.0 cm³/mol. The summed E-state index contributed by atoms with van der Waals surface area (Å²) < 4.78 is 29.6. The zero-order valence-corrected chi connectivity index (χ0v) is 11.5. The highest BCUT2D eigenvalue weighted by atomic mass is 32.2. The van der Waals surface area contributed by atoms with Crippen LogP contribution in [-0.2, 0) is 13.5 Å². The van der Waals surface area contributed by atoms with Crippen molar-refractivity contribution in [2.45, 2.75) is 29.4 Å². The van der Waals surface area contributed by atoms with E-state index in [1.807, 2.05) is 0 Å². The Bertz CT molecular complexity index is 558. The molecule has 2 aromatic rings. The molecule has 0 fully saturated rings. The molecule has 0 radical (unpaired) electrons. The molecule has 0 spiro atoms. The van der Waals surface area contributed by atoms with Gasteiger partial charge in [-0.05, 0) is 42.8 Å². The molecule has 1 aromatic carbocycles. The van der Waals surface area contributed by atoms with E-state index in [9.17, 15) is 8.78 Å². The molecule has 0 aliphatic heterocycles. The van der Waals surface area contributed by atoms with Crippen LogP contribution in [0.25, 0.3) is 0 Å². The molecule has 0 bridgehead atoms. The minimum atomic E-state index is -0.580. The van der Waals surface area contributed by atoms with Gasteiger partial charge in [-0.2, -0.15) is 0 Å². The van der Waals surface area contributed by atoms with Gasteiger partial charge in [0.25, 0.3) is 0 Å². The van der Waals surface area contributed by atoms with E-state index < -0.39 is 11.6 Å². The first-order valence-corrected chi connectivity index (χ1v) is 6.67. The first-order chi connectivity index (χ1) is 8.97. The average molecular weight is 283 g/mol. The molecule has 1 heterocycles. The minimum absolute atomic E-state index is 0.0391. The molecule has 0 saturated heterocycles. The van der Waals surface area contributed by atoms with Crippen molar-refractivity contribution in [1.29, 1.82) is 0 Å². The van der Waals surface area contributed by atoms with Gasteiger partial charge in [0, 0.05) is 25.5 Å². The van der Waals surface area contributed by atoms with E-state index in [2.05, 4.69) is 4.98 Å². The van der Waals surface area contributed by atoms with Crippen LogP contribution in [0.5, 0.6) is 0 Å². The first kappa shape index (κ1) is 14.0. The molecule has 1 unspecified atom stereocenters. The lowest BCUT2D eigenvalue weighted by atomic mass is 10.1. The number of nitrogens with two attached hydrogens (primary N) is 1. The van der Waals surface area contributed by atoms with Gasteiger partial charge in [0.1, 0.15) is 11.6 Å². The zero-order chi connectivity index (χ0) is 14.0. The second-order valence-electron chi connectivity index (χ2n) is 4.49. The summed E-state index contributed by atoms with van der Waals surface area (Å²) in [4.78, 5) is 4.00. The number of halogens is 2. The van der Waals surface area contributed by atoms with Crippen LogP contribution in [0.2, 0.25) is 0 Å². The summed E-state index contributed by atoms with van der Waals surface area (Å²) in [6.07, 6.45) is 3.76. The number of hydrogen-bond acceptors (Lipinski definition) is 3. The highest BCUT2D eigenvalue weighted by Gasteiger charge is 2.15. The van der Waals surface area contributed by atoms with Gasteiger partial charge in [0.2, 0.25) is 0 Å². The number of aromatic nitrogens is 2. The maximum absolute atomic E-state index is 13.9. The number of imidazole rings is 1. The second-order valence-corrected chi connectivity index (χ2v) is 5.47. The van der Waals surface area contributed by atoms with Crippen LogP contribution in [0.1, 0.15) is 12.5 Å². The van der Waals surface area contributed by atoms with E-state index in [-0.39, 0.29) is 10.9 Å². The summed E-state index contributed by atoms with van der Waals surface area (Å²) in [7, 11) is 1.77. The van der Waals surface area contributed by atoms with Crippen LogP contribution in [0.3, 0.4) is 0 Å². The van der Waals surface area contributed by atoms with Crippen molar-refractivity contribution in [3.63, 3.8) is 0 Å². The third-order valence-electron chi connectivity index (χ3n) is 2.59. The second kappa shape index (κ2) is 5.71. The molecule has 0 amide bonds. The molecule has 1 aromatic heterocycles. The van der Waals surface area contributed by atoms with E-state index >= 15 is 0 Å². The van der Waals surface area contributed by atoms with Crippen molar-refractivity contribution in [3.05, 3.63) is 41.7 Å². The average Bonchev–Trinajstić information content (AvgIpc) is 2.68. The largest absolute Gasteiger partial charge is 0.329 e. The topological polar surface area (TPSA) is 43.8 Å². The standard InChI is InChI=1S/C13H15F2N3S/c1-8(16)5-9-6-10(14)12(11(15)7-9)19-13-17-3-4-18(13)2/h3-4,6-8H,5,16H2,1-2H3. The summed E-state index contributed by atoms with van der Waals surface area (Å²) in [5, 5.41) is 0.540.